The summed E-state index contributed by atoms with van der Waals surface area (Å²) in [6.45, 7) is 0.201. The van der Waals surface area contributed by atoms with Crippen LogP contribution in [0, 0.1) is 0 Å². The van der Waals surface area contributed by atoms with Crippen LogP contribution in [0.3, 0.4) is 0 Å². The molecule has 6 nitrogen and oxygen atoms in total. The highest BCUT2D eigenvalue weighted by atomic mass is 32.2. The van der Waals surface area contributed by atoms with Crippen LogP contribution in [0.5, 0.6) is 0 Å². The summed E-state index contributed by atoms with van der Waals surface area (Å²) >= 11 is 3.19. The van der Waals surface area contributed by atoms with Crippen molar-refractivity contribution in [2.75, 3.05) is 26.1 Å². The molecule has 132 valence electrons. The SMILES string of the molecule is COC1=Cc2nc(CSC[C@@H](N)C(=O)OCCCO)sc2C=CC1. The molecule has 1 aromatic heterocycles. The molecule has 0 aromatic carbocycles. The van der Waals surface area contributed by atoms with E-state index in [0.717, 1.165) is 27.8 Å². The van der Waals surface area contributed by atoms with Gasteiger partial charge in [0.05, 0.1) is 24.3 Å². The Bertz CT molecular complexity index is 613. The fraction of sp³-hybridized carbons (Fsp3) is 0.500. The summed E-state index contributed by atoms with van der Waals surface area (Å²) in [5.41, 5.74) is 6.73. The zero-order valence-corrected chi connectivity index (χ0v) is 15.2. The van der Waals surface area contributed by atoms with Gasteiger partial charge in [0.1, 0.15) is 16.8 Å². The van der Waals surface area contributed by atoms with E-state index in [9.17, 15) is 4.79 Å². The summed E-state index contributed by atoms with van der Waals surface area (Å²) in [6, 6.07) is -0.661. The molecule has 0 saturated carbocycles. The number of nitrogens with zero attached hydrogens (tertiary/aromatic N) is 1. The fourth-order valence-electron chi connectivity index (χ4n) is 2.00. The number of rotatable bonds is 9. The highest BCUT2D eigenvalue weighted by molar-refractivity contribution is 7.98. The first kappa shape index (κ1) is 19.0. The third kappa shape index (κ3) is 5.62. The highest BCUT2D eigenvalue weighted by Gasteiger charge is 2.16. The van der Waals surface area contributed by atoms with Crippen LogP contribution in [0.25, 0.3) is 12.2 Å². The molecular formula is C16H22N2O4S2. The molecule has 0 amide bonds. The minimum atomic E-state index is -0.661. The Balaban J connectivity index is 1.81. The average molecular weight is 370 g/mol. The Labute approximate surface area is 149 Å². The maximum atomic E-state index is 11.6. The summed E-state index contributed by atoms with van der Waals surface area (Å²) in [5, 5.41) is 9.65. The maximum absolute atomic E-state index is 11.6. The van der Waals surface area contributed by atoms with Crippen molar-refractivity contribution in [3.8, 4) is 0 Å². The first-order valence-corrected chi connectivity index (χ1v) is 9.62. The lowest BCUT2D eigenvalue weighted by Crippen LogP contribution is -2.34. The number of hydrogen-bond donors (Lipinski definition) is 2. The number of allylic oxidation sites excluding steroid dienone is 1. The number of aliphatic hydroxyl groups excluding tert-OH is 1. The summed E-state index contributed by atoms with van der Waals surface area (Å²) in [7, 11) is 1.66. The second kappa shape index (κ2) is 9.83. The lowest BCUT2D eigenvalue weighted by atomic mass is 10.3. The van der Waals surface area contributed by atoms with Gasteiger partial charge in [-0.15, -0.1) is 11.3 Å². The van der Waals surface area contributed by atoms with E-state index in [1.165, 1.54) is 0 Å². The van der Waals surface area contributed by atoms with Crippen molar-refractivity contribution in [3.63, 3.8) is 0 Å². The van der Waals surface area contributed by atoms with Gasteiger partial charge in [0.2, 0.25) is 0 Å². The Kier molecular flexibility index (Phi) is 7.77. The van der Waals surface area contributed by atoms with Gasteiger partial charge >= 0.3 is 5.97 Å². The Hall–Kier alpha value is -1.35. The molecule has 0 radical (unpaired) electrons. The molecule has 0 spiro atoms. The van der Waals surface area contributed by atoms with Crippen LogP contribution in [0.1, 0.15) is 28.4 Å². The molecule has 1 aromatic rings. The molecule has 1 heterocycles. The Morgan fingerprint density at radius 2 is 2.42 bits per heavy atom. The molecule has 1 aliphatic rings. The third-order valence-corrected chi connectivity index (χ3v) is 5.54. The van der Waals surface area contributed by atoms with Crippen LogP contribution in [0.2, 0.25) is 0 Å². The first-order chi connectivity index (χ1) is 11.6. The van der Waals surface area contributed by atoms with E-state index in [0.29, 0.717) is 17.9 Å². The van der Waals surface area contributed by atoms with Crippen molar-refractivity contribution in [2.24, 2.45) is 5.73 Å². The van der Waals surface area contributed by atoms with Gasteiger partial charge in [0.15, 0.2) is 0 Å². The molecule has 24 heavy (non-hydrogen) atoms. The molecule has 1 aliphatic carbocycles. The van der Waals surface area contributed by atoms with Gasteiger partial charge in [-0.3, -0.25) is 4.79 Å². The summed E-state index contributed by atoms with van der Waals surface area (Å²) < 4.78 is 10.3. The van der Waals surface area contributed by atoms with Crippen molar-refractivity contribution < 1.29 is 19.4 Å². The first-order valence-electron chi connectivity index (χ1n) is 7.65. The predicted octanol–water partition coefficient (Wildman–Crippen LogP) is 2.03. The molecule has 0 saturated heterocycles. The number of aliphatic hydroxyl groups is 1. The smallest absolute Gasteiger partial charge is 0.323 e. The summed E-state index contributed by atoms with van der Waals surface area (Å²) in [4.78, 5) is 17.4. The zero-order chi connectivity index (χ0) is 17.4. The van der Waals surface area contributed by atoms with Crippen molar-refractivity contribution in [3.05, 3.63) is 27.4 Å². The Morgan fingerprint density at radius 3 is 3.17 bits per heavy atom. The van der Waals surface area contributed by atoms with Gasteiger partial charge in [-0.25, -0.2) is 4.98 Å². The molecule has 2 rings (SSSR count). The molecule has 8 heteroatoms. The third-order valence-electron chi connectivity index (χ3n) is 3.25. The number of methoxy groups -OCH3 is 1. The number of nitrogens with two attached hydrogens (primary N) is 1. The van der Waals surface area contributed by atoms with Gasteiger partial charge in [-0.1, -0.05) is 6.08 Å². The summed E-state index contributed by atoms with van der Waals surface area (Å²) in [5.74, 6) is 1.62. The molecule has 3 N–H and O–H groups in total. The van der Waals surface area contributed by atoms with E-state index >= 15 is 0 Å². The number of carbonyl (C=O) groups excluding carboxylic acids is 1. The summed E-state index contributed by atoms with van der Waals surface area (Å²) in [6.07, 6.45) is 7.30. The normalized spacial score (nSPS) is 14.5. The van der Waals surface area contributed by atoms with Crippen molar-refractivity contribution in [1.82, 2.24) is 4.98 Å². The van der Waals surface area contributed by atoms with E-state index in [4.69, 9.17) is 20.3 Å². The monoisotopic (exact) mass is 370 g/mol. The van der Waals surface area contributed by atoms with Crippen LogP contribution in [0.4, 0.5) is 0 Å². The molecule has 0 aliphatic heterocycles. The minimum absolute atomic E-state index is 0.000337. The molecule has 1 atom stereocenters. The average Bonchev–Trinajstić information content (AvgIpc) is 2.85. The largest absolute Gasteiger partial charge is 0.501 e. The van der Waals surface area contributed by atoms with E-state index in [-0.39, 0.29) is 13.2 Å². The van der Waals surface area contributed by atoms with Gasteiger partial charge < -0.3 is 20.3 Å². The molecule has 0 unspecified atom stereocenters. The second-order valence-electron chi connectivity index (χ2n) is 5.14. The van der Waals surface area contributed by atoms with Crippen LogP contribution in [0.15, 0.2) is 11.8 Å². The van der Waals surface area contributed by atoms with Gasteiger partial charge in [0.25, 0.3) is 0 Å². The number of fused-ring (bicyclic) bond motifs is 1. The number of aromatic nitrogens is 1. The van der Waals surface area contributed by atoms with E-state index in [2.05, 4.69) is 17.1 Å². The number of esters is 1. The van der Waals surface area contributed by atoms with Gasteiger partial charge in [-0.05, 0) is 6.08 Å². The number of carbonyl (C=O) groups is 1. The topological polar surface area (TPSA) is 94.7 Å². The van der Waals surface area contributed by atoms with E-state index in [1.807, 2.05) is 6.08 Å². The number of thiazole rings is 1. The minimum Gasteiger partial charge on any atom is -0.501 e. The lowest BCUT2D eigenvalue weighted by molar-refractivity contribution is -0.144. The van der Waals surface area contributed by atoms with Gasteiger partial charge in [0, 0.05) is 37.0 Å². The lowest BCUT2D eigenvalue weighted by Gasteiger charge is -2.10. The number of hydrogen-bond acceptors (Lipinski definition) is 8. The predicted molar refractivity (Wildman–Crippen MR) is 97.6 cm³/mol. The van der Waals surface area contributed by atoms with Crippen molar-refractivity contribution >= 4 is 41.2 Å². The highest BCUT2D eigenvalue weighted by Crippen LogP contribution is 2.28. The van der Waals surface area contributed by atoms with E-state index in [1.54, 1.807) is 30.2 Å². The van der Waals surface area contributed by atoms with Crippen LogP contribution in [-0.2, 0) is 20.0 Å². The number of thioether (sulfide) groups is 1. The molecule has 0 bridgehead atoms. The molecular weight excluding hydrogens is 348 g/mol. The fourth-order valence-corrected chi connectivity index (χ4v) is 4.00. The van der Waals surface area contributed by atoms with Crippen LogP contribution < -0.4 is 5.73 Å². The zero-order valence-electron chi connectivity index (χ0n) is 13.6. The van der Waals surface area contributed by atoms with Crippen LogP contribution >= 0.6 is 23.1 Å². The maximum Gasteiger partial charge on any atom is 0.323 e. The Morgan fingerprint density at radius 1 is 1.58 bits per heavy atom. The number of ether oxygens (including phenoxy) is 2. The second-order valence-corrected chi connectivity index (χ2v) is 7.29. The van der Waals surface area contributed by atoms with E-state index < -0.39 is 12.0 Å². The van der Waals surface area contributed by atoms with Crippen molar-refractivity contribution in [2.45, 2.75) is 24.6 Å². The van der Waals surface area contributed by atoms with Gasteiger partial charge in [-0.2, -0.15) is 11.8 Å². The van der Waals surface area contributed by atoms with Crippen molar-refractivity contribution in [1.29, 1.82) is 0 Å². The van der Waals surface area contributed by atoms with Crippen LogP contribution in [-0.4, -0.2) is 48.2 Å². The quantitative estimate of drug-likeness (QED) is 0.507. The standard InChI is InChI=1S/C16H22N2O4S2/c1-21-11-4-2-5-14-13(8-11)18-15(24-14)10-23-9-12(17)16(20)22-7-3-6-19/h2,5,8,12,19H,3-4,6-7,9-10,17H2,1H3/t12-/m1/s1. The molecule has 0 fully saturated rings.